The van der Waals surface area contributed by atoms with Gasteiger partial charge in [0.2, 0.25) is 0 Å². The van der Waals surface area contributed by atoms with Crippen molar-refractivity contribution in [3.63, 3.8) is 0 Å². The first-order valence-electron chi connectivity index (χ1n) is 3.89. The lowest BCUT2D eigenvalue weighted by molar-refractivity contribution is 0.0997. The van der Waals surface area contributed by atoms with Gasteiger partial charge in [-0.25, -0.2) is 4.39 Å². The Morgan fingerprint density at radius 2 is 2.29 bits per heavy atom. The van der Waals surface area contributed by atoms with E-state index in [1.807, 2.05) is 0 Å². The lowest BCUT2D eigenvalue weighted by Crippen LogP contribution is -2.15. The van der Waals surface area contributed by atoms with Crippen LogP contribution in [0.1, 0.15) is 15.9 Å². The highest BCUT2D eigenvalue weighted by Gasteiger charge is 2.18. The van der Waals surface area contributed by atoms with Gasteiger partial charge in [-0.3, -0.25) is 4.79 Å². The number of benzene rings is 1. The molecule has 0 aliphatic heterocycles. The summed E-state index contributed by atoms with van der Waals surface area (Å²) in [6.45, 7) is 1.22. The second kappa shape index (κ2) is 3.94. The van der Waals surface area contributed by atoms with Crippen molar-refractivity contribution in [1.82, 2.24) is 0 Å². The van der Waals surface area contributed by atoms with Crippen LogP contribution in [0.4, 0.5) is 4.39 Å². The van der Waals surface area contributed by atoms with E-state index in [0.29, 0.717) is 5.56 Å². The summed E-state index contributed by atoms with van der Waals surface area (Å²) in [5.41, 5.74) is 5.31. The van der Waals surface area contributed by atoms with Crippen molar-refractivity contribution in [3.05, 3.63) is 28.0 Å². The minimum Gasteiger partial charge on any atom is -0.504 e. The summed E-state index contributed by atoms with van der Waals surface area (Å²) in [4.78, 5) is 11.2. The molecule has 0 amide bonds. The molecule has 0 atom stereocenters. The molecule has 5 heteroatoms. The van der Waals surface area contributed by atoms with E-state index in [0.717, 1.165) is 6.07 Å². The maximum Gasteiger partial charge on any atom is 0.180 e. The number of rotatable bonds is 2. The molecule has 3 nitrogen and oxygen atoms in total. The van der Waals surface area contributed by atoms with Crippen LogP contribution in [0.15, 0.2) is 6.07 Å². The van der Waals surface area contributed by atoms with Crippen molar-refractivity contribution in [2.45, 2.75) is 6.92 Å². The normalized spacial score (nSPS) is 10.3. The van der Waals surface area contributed by atoms with Crippen molar-refractivity contribution in [1.29, 1.82) is 0 Å². The number of phenolic OH excluding ortho intramolecular Hbond substituents is 1. The number of Topliss-reactive ketones (excluding diaryl/α,β-unsaturated/α-hetero) is 1. The monoisotopic (exact) mass is 217 g/mol. The van der Waals surface area contributed by atoms with Gasteiger partial charge in [0.05, 0.1) is 12.1 Å². The van der Waals surface area contributed by atoms with E-state index in [2.05, 4.69) is 0 Å². The lowest BCUT2D eigenvalue weighted by atomic mass is 10.0. The molecule has 0 bridgehead atoms. The number of nitrogens with two attached hydrogens (primary N) is 1. The second-order valence-electron chi connectivity index (χ2n) is 2.82. The summed E-state index contributed by atoms with van der Waals surface area (Å²) in [5.74, 6) is -2.15. The van der Waals surface area contributed by atoms with Crippen molar-refractivity contribution in [2.75, 3.05) is 6.54 Å². The Morgan fingerprint density at radius 3 is 2.79 bits per heavy atom. The predicted octanol–water partition coefficient (Wildman–Crippen LogP) is 1.63. The minimum absolute atomic E-state index is 0.0945. The molecule has 1 aromatic rings. The highest BCUT2D eigenvalue weighted by molar-refractivity contribution is 6.32. The van der Waals surface area contributed by atoms with Crippen LogP contribution < -0.4 is 5.73 Å². The fourth-order valence-electron chi connectivity index (χ4n) is 1.15. The summed E-state index contributed by atoms with van der Waals surface area (Å²) in [6.07, 6.45) is 0. The first kappa shape index (κ1) is 10.9. The van der Waals surface area contributed by atoms with Gasteiger partial charge in [0.1, 0.15) is 0 Å². The highest BCUT2D eigenvalue weighted by atomic mass is 35.5. The molecule has 0 radical (unpaired) electrons. The number of halogens is 2. The van der Waals surface area contributed by atoms with Gasteiger partial charge in [-0.05, 0) is 18.6 Å². The molecule has 0 saturated heterocycles. The van der Waals surface area contributed by atoms with Crippen molar-refractivity contribution in [2.24, 2.45) is 5.73 Å². The Bertz CT molecular complexity index is 367. The third-order valence-electron chi connectivity index (χ3n) is 1.91. The molecule has 0 fully saturated rings. The van der Waals surface area contributed by atoms with Gasteiger partial charge in [0, 0.05) is 5.02 Å². The van der Waals surface area contributed by atoms with Crippen LogP contribution in [0.3, 0.4) is 0 Å². The van der Waals surface area contributed by atoms with Gasteiger partial charge in [-0.15, -0.1) is 0 Å². The molecule has 0 heterocycles. The Morgan fingerprint density at radius 1 is 1.71 bits per heavy atom. The molecule has 76 valence electrons. The van der Waals surface area contributed by atoms with Gasteiger partial charge in [0.15, 0.2) is 17.3 Å². The topological polar surface area (TPSA) is 63.3 Å². The minimum atomic E-state index is -0.919. The smallest absolute Gasteiger partial charge is 0.180 e. The van der Waals surface area contributed by atoms with Crippen LogP contribution in [-0.2, 0) is 0 Å². The van der Waals surface area contributed by atoms with Gasteiger partial charge < -0.3 is 10.8 Å². The van der Waals surface area contributed by atoms with E-state index in [4.69, 9.17) is 17.3 Å². The zero-order valence-corrected chi connectivity index (χ0v) is 8.23. The standard InChI is InChI=1S/C9H9ClFNO2/c1-4-5(10)2-6(11)9(14)8(4)7(13)3-12/h2,14H,3,12H2,1H3. The maximum atomic E-state index is 13.0. The molecule has 0 unspecified atom stereocenters. The van der Waals surface area contributed by atoms with Gasteiger partial charge >= 0.3 is 0 Å². The van der Waals surface area contributed by atoms with E-state index in [-0.39, 0.29) is 17.1 Å². The van der Waals surface area contributed by atoms with Crippen LogP contribution in [0.25, 0.3) is 0 Å². The summed E-state index contributed by atoms with van der Waals surface area (Å²) >= 11 is 5.65. The largest absolute Gasteiger partial charge is 0.504 e. The number of hydrogen-bond donors (Lipinski definition) is 2. The second-order valence-corrected chi connectivity index (χ2v) is 3.22. The first-order valence-corrected chi connectivity index (χ1v) is 4.27. The van der Waals surface area contributed by atoms with E-state index < -0.39 is 17.3 Å². The van der Waals surface area contributed by atoms with Crippen LogP contribution >= 0.6 is 11.6 Å². The Labute approximate surface area is 85.3 Å². The number of ketones is 1. The third kappa shape index (κ3) is 1.71. The lowest BCUT2D eigenvalue weighted by Gasteiger charge is -2.08. The number of carbonyl (C=O) groups is 1. The molecule has 0 aromatic heterocycles. The molecular formula is C9H9ClFNO2. The summed E-state index contributed by atoms with van der Waals surface area (Å²) < 4.78 is 13.0. The predicted molar refractivity (Wildman–Crippen MR) is 51.2 cm³/mol. The Kier molecular flexibility index (Phi) is 3.08. The van der Waals surface area contributed by atoms with Gasteiger partial charge in [-0.1, -0.05) is 11.6 Å². The van der Waals surface area contributed by atoms with Gasteiger partial charge in [0.25, 0.3) is 0 Å². The first-order chi connectivity index (χ1) is 6.49. The quantitative estimate of drug-likeness (QED) is 0.741. The van der Waals surface area contributed by atoms with E-state index in [1.54, 1.807) is 0 Å². The van der Waals surface area contributed by atoms with E-state index >= 15 is 0 Å². The molecule has 1 aromatic carbocycles. The molecule has 0 saturated carbocycles. The molecular weight excluding hydrogens is 209 g/mol. The summed E-state index contributed by atoms with van der Waals surface area (Å²) in [6, 6.07) is 0.958. The highest BCUT2D eigenvalue weighted by Crippen LogP contribution is 2.30. The molecule has 0 aliphatic rings. The molecule has 3 N–H and O–H groups in total. The number of carbonyl (C=O) groups excluding carboxylic acids is 1. The Hall–Kier alpha value is -1.13. The third-order valence-corrected chi connectivity index (χ3v) is 2.31. The SMILES string of the molecule is Cc1c(Cl)cc(F)c(O)c1C(=O)CN. The van der Waals surface area contributed by atoms with E-state index in [9.17, 15) is 14.3 Å². The average Bonchev–Trinajstić information content (AvgIpc) is 2.15. The molecule has 0 aliphatic carbocycles. The average molecular weight is 218 g/mol. The maximum absolute atomic E-state index is 13.0. The van der Waals surface area contributed by atoms with Crippen LogP contribution in [0, 0.1) is 12.7 Å². The summed E-state index contributed by atoms with van der Waals surface area (Å²) in [5, 5.41) is 9.39. The Balaban J connectivity index is 3.47. The zero-order chi connectivity index (χ0) is 10.9. The molecule has 1 rings (SSSR count). The summed E-state index contributed by atoms with van der Waals surface area (Å²) in [7, 11) is 0. The fourth-order valence-corrected chi connectivity index (χ4v) is 1.34. The molecule has 0 spiro atoms. The van der Waals surface area contributed by atoms with Crippen LogP contribution in [-0.4, -0.2) is 17.4 Å². The van der Waals surface area contributed by atoms with Crippen LogP contribution in [0.5, 0.6) is 5.75 Å². The van der Waals surface area contributed by atoms with Crippen LogP contribution in [0.2, 0.25) is 5.02 Å². The van der Waals surface area contributed by atoms with Gasteiger partial charge in [-0.2, -0.15) is 0 Å². The van der Waals surface area contributed by atoms with E-state index in [1.165, 1.54) is 6.92 Å². The van der Waals surface area contributed by atoms with Crippen molar-refractivity contribution < 1.29 is 14.3 Å². The van der Waals surface area contributed by atoms with Crippen molar-refractivity contribution >= 4 is 17.4 Å². The molecule has 14 heavy (non-hydrogen) atoms. The number of aromatic hydroxyl groups is 1. The van der Waals surface area contributed by atoms with Crippen molar-refractivity contribution in [3.8, 4) is 5.75 Å². The number of hydrogen-bond acceptors (Lipinski definition) is 3. The number of phenols is 1. The fraction of sp³-hybridized carbons (Fsp3) is 0.222. The zero-order valence-electron chi connectivity index (χ0n) is 7.47.